The molecular weight excluding hydrogens is 476 g/mol. The van der Waals surface area contributed by atoms with E-state index in [9.17, 15) is 0 Å². The molecule has 0 aliphatic carbocycles. The van der Waals surface area contributed by atoms with Crippen molar-refractivity contribution in [2.45, 2.75) is 45.8 Å². The molecule has 0 unspecified atom stereocenters. The topological polar surface area (TPSA) is 101 Å². The zero-order valence-corrected chi connectivity index (χ0v) is 22.3. The van der Waals surface area contributed by atoms with E-state index in [4.69, 9.17) is 9.72 Å². The number of hydrogen-bond donors (Lipinski definition) is 2. The number of methoxy groups -OCH3 is 1. The summed E-state index contributed by atoms with van der Waals surface area (Å²) in [6.07, 6.45) is 4.10. The Morgan fingerprint density at radius 3 is 2.47 bits per heavy atom. The summed E-state index contributed by atoms with van der Waals surface area (Å²) in [5.74, 6) is 3.52. The molecule has 5 rings (SSSR count). The molecule has 196 valence electrons. The Balaban J connectivity index is 1.30. The van der Waals surface area contributed by atoms with Crippen LogP contribution in [0.25, 0.3) is 11.5 Å². The predicted molar refractivity (Wildman–Crippen MR) is 148 cm³/mol. The van der Waals surface area contributed by atoms with E-state index in [1.54, 1.807) is 19.5 Å². The fraction of sp³-hybridized carbons (Fsp3) is 0.345. The summed E-state index contributed by atoms with van der Waals surface area (Å²) < 4.78 is 5.68. The van der Waals surface area contributed by atoms with Gasteiger partial charge in [-0.2, -0.15) is 0 Å². The van der Waals surface area contributed by atoms with E-state index in [1.165, 1.54) is 5.56 Å². The van der Waals surface area contributed by atoms with Crippen LogP contribution >= 0.6 is 0 Å². The Kier molecular flexibility index (Phi) is 7.86. The Morgan fingerprint density at radius 2 is 1.71 bits per heavy atom. The van der Waals surface area contributed by atoms with Crippen LogP contribution in [0.2, 0.25) is 0 Å². The molecule has 38 heavy (non-hydrogen) atoms. The van der Waals surface area contributed by atoms with Gasteiger partial charge in [-0.1, -0.05) is 18.2 Å². The fourth-order valence-electron chi connectivity index (χ4n) is 4.96. The second kappa shape index (κ2) is 11.6. The number of ether oxygens (including phenoxy) is 1. The molecular formula is C29H34N8O. The minimum atomic E-state index is 0.468. The fourth-order valence-corrected chi connectivity index (χ4v) is 4.96. The van der Waals surface area contributed by atoms with Crippen LogP contribution in [0.15, 0.2) is 60.9 Å². The first-order valence-electron chi connectivity index (χ1n) is 13.0. The number of nitrogens with one attached hydrogen (secondary N) is 2. The van der Waals surface area contributed by atoms with Gasteiger partial charge in [0, 0.05) is 61.8 Å². The highest BCUT2D eigenvalue weighted by atomic mass is 16.5. The number of pyridine rings is 1. The third-order valence-corrected chi connectivity index (χ3v) is 6.47. The smallest absolute Gasteiger partial charge is 0.180 e. The molecule has 2 atom stereocenters. The molecule has 1 aromatic carbocycles. The molecule has 1 aliphatic rings. The number of benzene rings is 1. The molecule has 9 heteroatoms. The average molecular weight is 511 g/mol. The van der Waals surface area contributed by atoms with E-state index < -0.39 is 0 Å². The maximum Gasteiger partial charge on any atom is 0.180 e. The van der Waals surface area contributed by atoms with Crippen molar-refractivity contribution in [3.05, 3.63) is 83.6 Å². The van der Waals surface area contributed by atoms with Gasteiger partial charge in [0.25, 0.3) is 0 Å². The normalized spacial score (nSPS) is 17.8. The highest BCUT2D eigenvalue weighted by Gasteiger charge is 2.22. The van der Waals surface area contributed by atoms with Crippen molar-refractivity contribution in [3.8, 4) is 17.3 Å². The van der Waals surface area contributed by atoms with Crippen LogP contribution in [0, 0.1) is 6.92 Å². The van der Waals surface area contributed by atoms with Crippen molar-refractivity contribution in [3.63, 3.8) is 0 Å². The summed E-state index contributed by atoms with van der Waals surface area (Å²) >= 11 is 0. The van der Waals surface area contributed by atoms with E-state index in [1.807, 2.05) is 43.3 Å². The number of nitrogens with zero attached hydrogens (tertiary/aromatic N) is 6. The van der Waals surface area contributed by atoms with Crippen LogP contribution in [-0.2, 0) is 13.0 Å². The Labute approximate surface area is 223 Å². The molecule has 1 saturated heterocycles. The lowest BCUT2D eigenvalue weighted by Gasteiger charge is -2.36. The summed E-state index contributed by atoms with van der Waals surface area (Å²) in [5, 5.41) is 6.88. The third-order valence-electron chi connectivity index (χ3n) is 6.47. The molecule has 2 N–H and O–H groups in total. The maximum absolute atomic E-state index is 5.68. The summed E-state index contributed by atoms with van der Waals surface area (Å²) in [4.78, 5) is 25.3. The number of rotatable bonds is 8. The number of hydrogen-bond acceptors (Lipinski definition) is 9. The summed E-state index contributed by atoms with van der Waals surface area (Å²) in [7, 11) is 1.73. The van der Waals surface area contributed by atoms with Gasteiger partial charge in [-0.3, -0.25) is 4.90 Å². The lowest BCUT2D eigenvalue weighted by atomic mass is 10.0. The molecule has 9 nitrogen and oxygen atoms in total. The summed E-state index contributed by atoms with van der Waals surface area (Å²) in [6, 6.07) is 16.7. The first-order valence-corrected chi connectivity index (χ1v) is 13.0. The lowest BCUT2D eigenvalue weighted by Crippen LogP contribution is -2.53. The van der Waals surface area contributed by atoms with Crippen LogP contribution in [0.3, 0.4) is 0 Å². The minimum Gasteiger partial charge on any atom is -0.496 e. The highest BCUT2D eigenvalue weighted by molar-refractivity contribution is 5.56. The highest BCUT2D eigenvalue weighted by Crippen LogP contribution is 2.24. The summed E-state index contributed by atoms with van der Waals surface area (Å²) in [6.45, 7) is 9.29. The monoisotopic (exact) mass is 510 g/mol. The van der Waals surface area contributed by atoms with Gasteiger partial charge in [0.05, 0.1) is 7.11 Å². The number of anilines is 2. The quantitative estimate of drug-likeness (QED) is 0.362. The molecule has 1 aliphatic heterocycles. The van der Waals surface area contributed by atoms with Crippen LogP contribution in [-0.4, -0.2) is 62.1 Å². The maximum atomic E-state index is 5.68. The summed E-state index contributed by atoms with van der Waals surface area (Å²) in [5.41, 5.74) is 3.98. The van der Waals surface area contributed by atoms with Gasteiger partial charge in [-0.25, -0.2) is 24.9 Å². The van der Waals surface area contributed by atoms with Crippen molar-refractivity contribution in [2.75, 3.05) is 25.5 Å². The van der Waals surface area contributed by atoms with E-state index in [0.29, 0.717) is 36.0 Å². The van der Waals surface area contributed by atoms with Crippen molar-refractivity contribution in [2.24, 2.45) is 0 Å². The first kappa shape index (κ1) is 25.7. The molecule has 0 radical (unpaired) electrons. The number of piperazine rings is 1. The Morgan fingerprint density at radius 1 is 0.947 bits per heavy atom. The Bertz CT molecular complexity index is 1380. The van der Waals surface area contributed by atoms with Gasteiger partial charge in [0.15, 0.2) is 5.82 Å². The van der Waals surface area contributed by atoms with Gasteiger partial charge < -0.3 is 15.4 Å². The number of aromatic nitrogens is 5. The van der Waals surface area contributed by atoms with Gasteiger partial charge in [0.1, 0.15) is 28.9 Å². The lowest BCUT2D eigenvalue weighted by molar-refractivity contribution is 0.165. The van der Waals surface area contributed by atoms with Crippen molar-refractivity contribution in [1.29, 1.82) is 0 Å². The molecule has 1 fully saturated rings. The zero-order chi connectivity index (χ0) is 26.5. The Hall–Kier alpha value is -3.95. The van der Waals surface area contributed by atoms with Gasteiger partial charge in [-0.05, 0) is 56.7 Å². The van der Waals surface area contributed by atoms with Crippen LogP contribution in [0.4, 0.5) is 11.6 Å². The third kappa shape index (κ3) is 6.48. The van der Waals surface area contributed by atoms with Crippen molar-refractivity contribution < 1.29 is 4.74 Å². The zero-order valence-electron chi connectivity index (χ0n) is 22.3. The molecule has 4 aromatic rings. The van der Waals surface area contributed by atoms with Crippen molar-refractivity contribution >= 4 is 11.6 Å². The van der Waals surface area contributed by atoms with Crippen LogP contribution < -0.4 is 15.4 Å². The van der Waals surface area contributed by atoms with Crippen LogP contribution in [0.1, 0.15) is 36.5 Å². The number of aryl methyl sites for hydroxylation is 1. The SMILES string of the molecule is COc1ccc(Cc2nccc(Nc3ccnc(-c4cccc(C)n4)n3)n2)cc1CN1C[C@@H](C)N[C@@H](C)C1. The van der Waals surface area contributed by atoms with Gasteiger partial charge >= 0.3 is 0 Å². The second-order valence-corrected chi connectivity index (χ2v) is 9.90. The minimum absolute atomic E-state index is 0.468. The van der Waals surface area contributed by atoms with E-state index in [-0.39, 0.29) is 0 Å². The molecule has 3 aromatic heterocycles. The molecule has 0 amide bonds. The van der Waals surface area contributed by atoms with Gasteiger partial charge in [-0.15, -0.1) is 0 Å². The average Bonchev–Trinajstić information content (AvgIpc) is 2.89. The van der Waals surface area contributed by atoms with Crippen molar-refractivity contribution in [1.82, 2.24) is 35.1 Å². The largest absolute Gasteiger partial charge is 0.496 e. The van der Waals surface area contributed by atoms with Gasteiger partial charge in [0.2, 0.25) is 0 Å². The first-order chi connectivity index (χ1) is 18.4. The van der Waals surface area contributed by atoms with E-state index in [2.05, 4.69) is 61.4 Å². The predicted octanol–water partition coefficient (Wildman–Crippen LogP) is 4.16. The standard InChI is InChI=1S/C29H34N8O/c1-19-6-5-7-24(33-19)29-31-13-11-27(36-29)34-26-10-12-30-28(35-26)15-22-8-9-25(38-4)23(14-22)18-37-16-20(2)32-21(3)17-37/h5-14,20-21,32H,15-18H2,1-4H3,(H,30,31,34,35,36)/t20-,21+. The van der Waals surface area contributed by atoms with E-state index >= 15 is 0 Å². The molecule has 4 heterocycles. The molecule has 0 bridgehead atoms. The second-order valence-electron chi connectivity index (χ2n) is 9.90. The molecule has 0 spiro atoms. The van der Waals surface area contributed by atoms with E-state index in [0.717, 1.165) is 48.2 Å². The van der Waals surface area contributed by atoms with Crippen LogP contribution in [0.5, 0.6) is 5.75 Å². The molecule has 0 saturated carbocycles.